The van der Waals surface area contributed by atoms with Gasteiger partial charge in [0.2, 0.25) is 0 Å². The van der Waals surface area contributed by atoms with E-state index in [0.717, 1.165) is 11.1 Å². The Balaban J connectivity index is 2.53. The molecule has 0 spiro atoms. The largest absolute Gasteiger partial charge is 0.481 e. The monoisotopic (exact) mass is 205 g/mol. The zero-order chi connectivity index (χ0) is 11.2. The molecule has 3 heteroatoms. The number of carboxylic acids is 1. The van der Waals surface area contributed by atoms with E-state index in [1.165, 1.54) is 0 Å². The molecule has 0 saturated carbocycles. The van der Waals surface area contributed by atoms with E-state index in [2.05, 4.69) is 0 Å². The number of nitrogens with two attached hydrogens (primary N) is 1. The van der Waals surface area contributed by atoms with Crippen molar-refractivity contribution < 1.29 is 9.90 Å². The van der Waals surface area contributed by atoms with Crippen LogP contribution in [0.25, 0.3) is 0 Å². The molecule has 2 rings (SSSR count). The Hall–Kier alpha value is -1.51. The molecule has 0 aromatic heterocycles. The van der Waals surface area contributed by atoms with Crippen LogP contribution in [0.5, 0.6) is 0 Å². The fourth-order valence-electron chi connectivity index (χ4n) is 2.43. The van der Waals surface area contributed by atoms with Gasteiger partial charge in [0.05, 0.1) is 5.92 Å². The molecule has 1 aliphatic rings. The lowest BCUT2D eigenvalue weighted by atomic mass is 9.78. The SMILES string of the molecule is CC1(C)c2cc(N)ccc2CC1C(=O)O. The van der Waals surface area contributed by atoms with Crippen LogP contribution in [-0.4, -0.2) is 11.1 Å². The van der Waals surface area contributed by atoms with Crippen LogP contribution < -0.4 is 5.73 Å². The molecule has 1 aromatic carbocycles. The fraction of sp³-hybridized carbons (Fsp3) is 0.417. The maximum atomic E-state index is 11.1. The van der Waals surface area contributed by atoms with Crippen molar-refractivity contribution in [1.82, 2.24) is 0 Å². The van der Waals surface area contributed by atoms with E-state index in [1.807, 2.05) is 32.0 Å². The van der Waals surface area contributed by atoms with Crippen molar-refractivity contribution in [3.8, 4) is 0 Å². The number of nitrogen functional groups attached to an aromatic ring is 1. The first-order valence-corrected chi connectivity index (χ1v) is 5.04. The van der Waals surface area contributed by atoms with Gasteiger partial charge >= 0.3 is 5.97 Å². The smallest absolute Gasteiger partial charge is 0.307 e. The second kappa shape index (κ2) is 2.99. The Kier molecular flexibility index (Phi) is 2.00. The van der Waals surface area contributed by atoms with Gasteiger partial charge in [0.1, 0.15) is 0 Å². The Labute approximate surface area is 88.9 Å². The maximum Gasteiger partial charge on any atom is 0.307 e. The summed E-state index contributed by atoms with van der Waals surface area (Å²) in [6.07, 6.45) is 0.609. The van der Waals surface area contributed by atoms with E-state index in [0.29, 0.717) is 12.1 Å². The number of carboxylic acid groups (broad SMARTS) is 1. The van der Waals surface area contributed by atoms with E-state index in [4.69, 9.17) is 10.8 Å². The molecule has 1 aliphatic carbocycles. The number of hydrogen-bond donors (Lipinski definition) is 2. The molecule has 0 aliphatic heterocycles. The lowest BCUT2D eigenvalue weighted by Gasteiger charge is -2.25. The molecule has 0 radical (unpaired) electrons. The zero-order valence-corrected chi connectivity index (χ0v) is 8.95. The molecule has 0 heterocycles. The summed E-state index contributed by atoms with van der Waals surface area (Å²) in [7, 11) is 0. The summed E-state index contributed by atoms with van der Waals surface area (Å²) in [5.41, 5.74) is 8.30. The average molecular weight is 205 g/mol. The third-order valence-electron chi connectivity index (χ3n) is 3.42. The number of hydrogen-bond acceptors (Lipinski definition) is 2. The van der Waals surface area contributed by atoms with Crippen LogP contribution in [0, 0.1) is 5.92 Å². The summed E-state index contributed by atoms with van der Waals surface area (Å²) in [6.45, 7) is 3.94. The Morgan fingerprint density at radius 3 is 2.80 bits per heavy atom. The standard InChI is InChI=1S/C12H15NO2/c1-12(2)9-6-8(13)4-3-7(9)5-10(12)11(14)15/h3-4,6,10H,5,13H2,1-2H3,(H,14,15). The van der Waals surface area contributed by atoms with Crippen LogP contribution in [-0.2, 0) is 16.6 Å². The van der Waals surface area contributed by atoms with Crippen molar-refractivity contribution in [3.63, 3.8) is 0 Å². The molecular weight excluding hydrogens is 190 g/mol. The fourth-order valence-corrected chi connectivity index (χ4v) is 2.43. The van der Waals surface area contributed by atoms with Gasteiger partial charge < -0.3 is 10.8 Å². The van der Waals surface area contributed by atoms with Crippen LogP contribution in [0.3, 0.4) is 0 Å². The minimum absolute atomic E-state index is 0.323. The first-order chi connectivity index (χ1) is 6.93. The van der Waals surface area contributed by atoms with Gasteiger partial charge in [0.15, 0.2) is 0 Å². The summed E-state index contributed by atoms with van der Waals surface area (Å²) < 4.78 is 0. The van der Waals surface area contributed by atoms with Crippen molar-refractivity contribution in [2.45, 2.75) is 25.7 Å². The van der Waals surface area contributed by atoms with Gasteiger partial charge in [-0.25, -0.2) is 0 Å². The van der Waals surface area contributed by atoms with Crippen LogP contribution >= 0.6 is 0 Å². The second-order valence-electron chi connectivity index (χ2n) is 4.73. The molecular formula is C12H15NO2. The summed E-state index contributed by atoms with van der Waals surface area (Å²) >= 11 is 0. The summed E-state index contributed by atoms with van der Waals surface area (Å²) in [4.78, 5) is 11.1. The minimum atomic E-state index is -0.727. The van der Waals surface area contributed by atoms with E-state index in [9.17, 15) is 4.79 Å². The van der Waals surface area contributed by atoms with E-state index < -0.39 is 5.97 Å². The second-order valence-corrected chi connectivity index (χ2v) is 4.73. The van der Waals surface area contributed by atoms with Crippen molar-refractivity contribution in [2.75, 3.05) is 5.73 Å². The topological polar surface area (TPSA) is 63.3 Å². The number of benzene rings is 1. The van der Waals surface area contributed by atoms with Gasteiger partial charge in [-0.05, 0) is 29.7 Å². The highest BCUT2D eigenvalue weighted by Crippen LogP contribution is 2.43. The van der Waals surface area contributed by atoms with Gasteiger partial charge in [-0.2, -0.15) is 0 Å². The maximum absolute atomic E-state index is 11.1. The van der Waals surface area contributed by atoms with Crippen LogP contribution in [0.4, 0.5) is 5.69 Å². The molecule has 15 heavy (non-hydrogen) atoms. The minimum Gasteiger partial charge on any atom is -0.481 e. The van der Waals surface area contributed by atoms with Crippen LogP contribution in [0.1, 0.15) is 25.0 Å². The van der Waals surface area contributed by atoms with Crippen LogP contribution in [0.15, 0.2) is 18.2 Å². The van der Waals surface area contributed by atoms with Gasteiger partial charge in [-0.15, -0.1) is 0 Å². The Morgan fingerprint density at radius 1 is 1.53 bits per heavy atom. The number of anilines is 1. The number of aliphatic carboxylic acids is 1. The van der Waals surface area contributed by atoms with E-state index in [1.54, 1.807) is 0 Å². The normalized spacial score (nSPS) is 22.4. The molecule has 0 saturated heterocycles. The molecule has 0 fully saturated rings. The summed E-state index contributed by atoms with van der Waals surface area (Å²) in [5, 5.41) is 9.16. The highest BCUT2D eigenvalue weighted by atomic mass is 16.4. The van der Waals surface area contributed by atoms with E-state index in [-0.39, 0.29) is 11.3 Å². The number of fused-ring (bicyclic) bond motifs is 1. The first-order valence-electron chi connectivity index (χ1n) is 5.04. The molecule has 3 N–H and O–H groups in total. The zero-order valence-electron chi connectivity index (χ0n) is 8.95. The number of rotatable bonds is 1. The highest BCUT2D eigenvalue weighted by molar-refractivity contribution is 5.75. The first kappa shape index (κ1) is 10.0. The Bertz CT molecular complexity index is 424. The molecule has 1 aromatic rings. The molecule has 1 atom stereocenters. The van der Waals surface area contributed by atoms with Crippen molar-refractivity contribution in [1.29, 1.82) is 0 Å². The summed E-state index contributed by atoms with van der Waals surface area (Å²) in [5.74, 6) is -1.07. The molecule has 1 unspecified atom stereocenters. The number of carbonyl (C=O) groups is 1. The van der Waals surface area contributed by atoms with Gasteiger partial charge in [-0.1, -0.05) is 19.9 Å². The molecule has 0 bridgehead atoms. The highest BCUT2D eigenvalue weighted by Gasteiger charge is 2.43. The van der Waals surface area contributed by atoms with Crippen molar-refractivity contribution in [3.05, 3.63) is 29.3 Å². The van der Waals surface area contributed by atoms with Crippen molar-refractivity contribution in [2.24, 2.45) is 5.92 Å². The predicted octanol–water partition coefficient (Wildman–Crippen LogP) is 1.80. The lowest BCUT2D eigenvalue weighted by molar-refractivity contribution is -0.143. The van der Waals surface area contributed by atoms with Gasteiger partial charge in [-0.3, -0.25) is 4.79 Å². The predicted molar refractivity (Wildman–Crippen MR) is 58.7 cm³/mol. The van der Waals surface area contributed by atoms with Gasteiger partial charge in [0, 0.05) is 11.1 Å². The third-order valence-corrected chi connectivity index (χ3v) is 3.42. The third kappa shape index (κ3) is 1.39. The van der Waals surface area contributed by atoms with E-state index >= 15 is 0 Å². The Morgan fingerprint density at radius 2 is 2.20 bits per heavy atom. The molecule has 0 amide bonds. The molecule has 80 valence electrons. The van der Waals surface area contributed by atoms with Crippen LogP contribution in [0.2, 0.25) is 0 Å². The molecule has 3 nitrogen and oxygen atoms in total. The van der Waals surface area contributed by atoms with Gasteiger partial charge in [0.25, 0.3) is 0 Å². The quantitative estimate of drug-likeness (QED) is 0.687. The average Bonchev–Trinajstić information content (AvgIpc) is 2.39. The lowest BCUT2D eigenvalue weighted by Crippen LogP contribution is -2.30. The summed E-state index contributed by atoms with van der Waals surface area (Å²) in [6, 6.07) is 5.67. The van der Waals surface area contributed by atoms with Crippen molar-refractivity contribution >= 4 is 11.7 Å².